The number of hydrogen-bond donors (Lipinski definition) is 2. The van der Waals surface area contributed by atoms with Crippen LogP contribution >= 0.6 is 0 Å². The molecule has 0 aliphatic heterocycles. The molecule has 0 radical (unpaired) electrons. The number of carbonyl (C=O) groups excluding carboxylic acids is 3. The van der Waals surface area contributed by atoms with Gasteiger partial charge in [-0.3, -0.25) is 9.59 Å². The lowest BCUT2D eigenvalue weighted by Crippen LogP contribution is -2.26. The first-order valence-electron chi connectivity index (χ1n) is 10.0. The smallest absolute Gasteiger partial charge is 0.342 e. The van der Waals surface area contributed by atoms with Crippen LogP contribution in [0, 0.1) is 6.92 Å². The molecule has 0 unspecified atom stereocenters. The first-order chi connectivity index (χ1) is 15.5. The van der Waals surface area contributed by atoms with Crippen LogP contribution in [0.15, 0.2) is 72.8 Å². The Kier molecular flexibility index (Phi) is 7.59. The summed E-state index contributed by atoms with van der Waals surface area (Å²) in [6.07, 6.45) is 0. The highest BCUT2D eigenvalue weighted by molar-refractivity contribution is 6.04. The summed E-state index contributed by atoms with van der Waals surface area (Å²) in [5.74, 6) is -1.21. The molecule has 3 aromatic rings. The Hall–Kier alpha value is -4.13. The number of hydrogen-bond acceptors (Lipinski definition) is 5. The minimum atomic E-state index is -0.679. The van der Waals surface area contributed by atoms with Crippen molar-refractivity contribution < 1.29 is 23.9 Å². The van der Waals surface area contributed by atoms with Gasteiger partial charge >= 0.3 is 5.97 Å². The molecule has 0 atom stereocenters. The second-order valence-corrected chi connectivity index (χ2v) is 7.04. The number of para-hydroxylation sites is 2. The quantitative estimate of drug-likeness (QED) is 0.529. The molecule has 32 heavy (non-hydrogen) atoms. The summed E-state index contributed by atoms with van der Waals surface area (Å²) in [5, 5.41) is 5.47. The van der Waals surface area contributed by atoms with Crippen molar-refractivity contribution in [1.29, 1.82) is 0 Å². The Morgan fingerprint density at radius 2 is 1.50 bits per heavy atom. The van der Waals surface area contributed by atoms with Crippen molar-refractivity contribution in [3.63, 3.8) is 0 Å². The average molecular weight is 432 g/mol. The summed E-state index contributed by atoms with van der Waals surface area (Å²) in [7, 11) is 1.44. The fraction of sp³-hybridized carbons (Fsp3) is 0.160. The third-order valence-electron chi connectivity index (χ3n) is 4.68. The molecule has 0 spiro atoms. The van der Waals surface area contributed by atoms with E-state index in [4.69, 9.17) is 9.47 Å². The number of esters is 1. The van der Waals surface area contributed by atoms with E-state index in [0.29, 0.717) is 23.5 Å². The molecule has 0 saturated carbocycles. The standard InChI is InChI=1S/C25H24N2O5/c1-17-11-13-18(14-12-17)15-26-24(29)19-7-3-5-9-21(19)27-23(28)16-32-25(30)20-8-4-6-10-22(20)31-2/h3-14H,15-16H2,1-2H3,(H,26,29)(H,27,28). The van der Waals surface area contributed by atoms with Crippen LogP contribution < -0.4 is 15.4 Å². The fourth-order valence-corrected chi connectivity index (χ4v) is 2.98. The minimum Gasteiger partial charge on any atom is -0.496 e. The average Bonchev–Trinajstić information content (AvgIpc) is 2.82. The van der Waals surface area contributed by atoms with Gasteiger partial charge in [-0.15, -0.1) is 0 Å². The maximum atomic E-state index is 12.6. The number of aryl methyl sites for hydroxylation is 1. The highest BCUT2D eigenvalue weighted by atomic mass is 16.5. The molecule has 0 aromatic heterocycles. The molecule has 7 heteroatoms. The predicted octanol–water partition coefficient (Wildman–Crippen LogP) is 3.73. The number of benzene rings is 3. The molecule has 2 amide bonds. The zero-order valence-electron chi connectivity index (χ0n) is 17.9. The SMILES string of the molecule is COc1ccccc1C(=O)OCC(=O)Nc1ccccc1C(=O)NCc1ccc(C)cc1. The van der Waals surface area contributed by atoms with E-state index in [-0.39, 0.29) is 11.5 Å². The zero-order chi connectivity index (χ0) is 22.9. The lowest BCUT2D eigenvalue weighted by Gasteiger charge is -2.12. The van der Waals surface area contributed by atoms with Gasteiger partial charge in [-0.1, -0.05) is 54.1 Å². The Balaban J connectivity index is 1.59. The van der Waals surface area contributed by atoms with Gasteiger partial charge in [0.15, 0.2) is 6.61 Å². The van der Waals surface area contributed by atoms with Crippen LogP contribution in [0.5, 0.6) is 5.75 Å². The van der Waals surface area contributed by atoms with Crippen LogP contribution in [0.1, 0.15) is 31.8 Å². The fourth-order valence-electron chi connectivity index (χ4n) is 2.98. The summed E-state index contributed by atoms with van der Waals surface area (Å²) in [6, 6.07) is 21.0. The van der Waals surface area contributed by atoms with Gasteiger partial charge in [0.2, 0.25) is 0 Å². The highest BCUT2D eigenvalue weighted by Gasteiger charge is 2.17. The number of anilines is 1. The molecule has 0 saturated heterocycles. The van der Waals surface area contributed by atoms with Crippen molar-refractivity contribution in [2.45, 2.75) is 13.5 Å². The van der Waals surface area contributed by atoms with E-state index in [9.17, 15) is 14.4 Å². The molecule has 3 rings (SSSR count). The second-order valence-electron chi connectivity index (χ2n) is 7.04. The molecular weight excluding hydrogens is 408 g/mol. The third kappa shape index (κ3) is 5.95. The van der Waals surface area contributed by atoms with Crippen molar-refractivity contribution in [1.82, 2.24) is 5.32 Å². The molecule has 0 aliphatic rings. The van der Waals surface area contributed by atoms with Crippen molar-refractivity contribution in [2.75, 3.05) is 19.0 Å². The van der Waals surface area contributed by atoms with Gasteiger partial charge in [0.1, 0.15) is 11.3 Å². The Morgan fingerprint density at radius 3 is 2.22 bits per heavy atom. The Labute approximate surface area is 186 Å². The number of carbonyl (C=O) groups is 3. The van der Waals surface area contributed by atoms with Gasteiger partial charge in [0.25, 0.3) is 11.8 Å². The molecule has 3 aromatic carbocycles. The van der Waals surface area contributed by atoms with E-state index >= 15 is 0 Å². The van der Waals surface area contributed by atoms with Crippen LogP contribution in [0.4, 0.5) is 5.69 Å². The molecule has 164 valence electrons. The van der Waals surface area contributed by atoms with Gasteiger partial charge in [-0.05, 0) is 36.8 Å². The third-order valence-corrected chi connectivity index (χ3v) is 4.68. The summed E-state index contributed by atoms with van der Waals surface area (Å²) in [4.78, 5) is 37.2. The molecule has 0 fully saturated rings. The first-order valence-corrected chi connectivity index (χ1v) is 10.0. The molecule has 0 heterocycles. The van der Waals surface area contributed by atoms with E-state index < -0.39 is 18.5 Å². The summed E-state index contributed by atoms with van der Waals surface area (Å²) in [5.41, 5.74) is 2.96. The number of rotatable bonds is 8. The number of methoxy groups -OCH3 is 1. The first kappa shape index (κ1) is 22.6. The van der Waals surface area contributed by atoms with Crippen molar-refractivity contribution in [3.05, 3.63) is 95.1 Å². The van der Waals surface area contributed by atoms with E-state index in [2.05, 4.69) is 10.6 Å². The van der Waals surface area contributed by atoms with Gasteiger partial charge in [-0.2, -0.15) is 0 Å². The van der Waals surface area contributed by atoms with E-state index in [1.807, 2.05) is 31.2 Å². The summed E-state index contributed by atoms with van der Waals surface area (Å²) < 4.78 is 10.2. The van der Waals surface area contributed by atoms with Crippen molar-refractivity contribution >= 4 is 23.5 Å². The minimum absolute atomic E-state index is 0.221. The largest absolute Gasteiger partial charge is 0.496 e. The second kappa shape index (κ2) is 10.8. The maximum absolute atomic E-state index is 12.6. The van der Waals surface area contributed by atoms with Gasteiger partial charge in [0.05, 0.1) is 18.4 Å². The van der Waals surface area contributed by atoms with E-state index in [1.54, 1.807) is 48.5 Å². The van der Waals surface area contributed by atoms with Crippen LogP contribution in [0.2, 0.25) is 0 Å². The monoisotopic (exact) mass is 432 g/mol. The number of amides is 2. The summed E-state index contributed by atoms with van der Waals surface area (Å²) in [6.45, 7) is 1.85. The van der Waals surface area contributed by atoms with Crippen LogP contribution in [0.3, 0.4) is 0 Å². The normalized spacial score (nSPS) is 10.2. The van der Waals surface area contributed by atoms with Crippen LogP contribution in [-0.4, -0.2) is 31.5 Å². The van der Waals surface area contributed by atoms with Crippen LogP contribution in [0.25, 0.3) is 0 Å². The van der Waals surface area contributed by atoms with E-state index in [0.717, 1.165) is 11.1 Å². The maximum Gasteiger partial charge on any atom is 0.342 e. The molecule has 0 aliphatic carbocycles. The topological polar surface area (TPSA) is 93.7 Å². The van der Waals surface area contributed by atoms with E-state index in [1.165, 1.54) is 7.11 Å². The van der Waals surface area contributed by atoms with Gasteiger partial charge < -0.3 is 20.1 Å². The Morgan fingerprint density at radius 1 is 0.844 bits per heavy atom. The lowest BCUT2D eigenvalue weighted by molar-refractivity contribution is -0.119. The Bertz CT molecular complexity index is 1110. The van der Waals surface area contributed by atoms with Gasteiger partial charge in [-0.25, -0.2) is 4.79 Å². The van der Waals surface area contributed by atoms with Crippen molar-refractivity contribution in [2.24, 2.45) is 0 Å². The molecule has 2 N–H and O–H groups in total. The molecule has 7 nitrogen and oxygen atoms in total. The van der Waals surface area contributed by atoms with Crippen LogP contribution in [-0.2, 0) is 16.1 Å². The highest BCUT2D eigenvalue weighted by Crippen LogP contribution is 2.19. The predicted molar refractivity (Wildman–Crippen MR) is 121 cm³/mol. The summed E-state index contributed by atoms with van der Waals surface area (Å²) >= 11 is 0. The number of ether oxygens (including phenoxy) is 2. The molecule has 0 bridgehead atoms. The number of nitrogens with one attached hydrogen (secondary N) is 2. The van der Waals surface area contributed by atoms with Crippen molar-refractivity contribution in [3.8, 4) is 5.75 Å². The zero-order valence-corrected chi connectivity index (χ0v) is 17.9. The lowest BCUT2D eigenvalue weighted by atomic mass is 10.1. The molecular formula is C25H24N2O5. The van der Waals surface area contributed by atoms with Gasteiger partial charge in [0, 0.05) is 6.54 Å².